The van der Waals surface area contributed by atoms with Gasteiger partial charge in [-0.25, -0.2) is 0 Å². The van der Waals surface area contributed by atoms with Crippen LogP contribution in [0, 0.1) is 0 Å². The van der Waals surface area contributed by atoms with Crippen molar-refractivity contribution in [1.29, 1.82) is 0 Å². The maximum atomic E-state index is 0. The maximum Gasteiger partial charge on any atom is 1.00 e. The third kappa shape index (κ3) is 64.4. The minimum atomic E-state index is 0. The average molecular weight is 441 g/mol. The Kier molecular flexibility index (Phi) is 497. The Morgan fingerprint density at radius 3 is 0.167 bits per heavy atom. The van der Waals surface area contributed by atoms with E-state index in [1.165, 1.54) is 0 Å². The van der Waals surface area contributed by atoms with Gasteiger partial charge in [0.2, 0.25) is 0 Å². The predicted molar refractivity (Wildman–Crippen MR) is 29.5 cm³/mol. The Bertz CT molecular complexity index is 11.0. The summed E-state index contributed by atoms with van der Waals surface area (Å²) in [6, 6.07) is 0. The SMILES string of the molecule is [K+].[K+].[K+].[K+].[K+].[K+].[K+].[K+].[S-2].[S-2].[S-2].[S-2]. The second-order valence-electron chi connectivity index (χ2n) is 0. The van der Waals surface area contributed by atoms with Crippen molar-refractivity contribution in [3.63, 3.8) is 0 Å². The summed E-state index contributed by atoms with van der Waals surface area (Å²) < 4.78 is 0. The Morgan fingerprint density at radius 1 is 0.167 bits per heavy atom. The van der Waals surface area contributed by atoms with Gasteiger partial charge in [-0.3, -0.25) is 0 Å². The average Bonchev–Trinajstić information content (AvgIpc) is 0. The van der Waals surface area contributed by atoms with Gasteiger partial charge in [-0.05, 0) is 0 Å². The van der Waals surface area contributed by atoms with Gasteiger partial charge >= 0.3 is 411 Å². The summed E-state index contributed by atoms with van der Waals surface area (Å²) in [6.07, 6.45) is 0. The minimum absolute atomic E-state index is 0. The van der Waals surface area contributed by atoms with Gasteiger partial charge in [-0.1, -0.05) is 0 Å². The molecule has 0 fully saturated rings. The molecule has 0 amide bonds. The van der Waals surface area contributed by atoms with Gasteiger partial charge < -0.3 is 54.0 Å². The number of hydrogen-bond donors (Lipinski definition) is 0. The molecule has 0 unspecified atom stereocenters. The molecule has 0 N–H and O–H groups in total. The predicted octanol–water partition coefficient (Wildman–Crippen LogP) is -24.0. The molecular formula is K8S4. The summed E-state index contributed by atoms with van der Waals surface area (Å²) in [5.74, 6) is 0. The molecule has 0 spiro atoms. The van der Waals surface area contributed by atoms with Crippen molar-refractivity contribution in [2.24, 2.45) is 0 Å². The van der Waals surface area contributed by atoms with Crippen LogP contribution in [0.25, 0.3) is 0 Å². The molecule has 0 radical (unpaired) electrons. The molecule has 0 nitrogen and oxygen atoms in total. The van der Waals surface area contributed by atoms with Crippen LogP contribution in [0.5, 0.6) is 0 Å². The summed E-state index contributed by atoms with van der Waals surface area (Å²) >= 11 is 0. The zero-order valence-corrected chi connectivity index (χ0v) is 37.9. The third-order valence-corrected chi connectivity index (χ3v) is 0. The normalized spacial score (nSPS) is 0. The first kappa shape index (κ1) is 82.0. The zero-order chi connectivity index (χ0) is 0. The molecule has 0 aliphatic carbocycles. The molecule has 0 aliphatic heterocycles. The summed E-state index contributed by atoms with van der Waals surface area (Å²) in [6.45, 7) is 0. The van der Waals surface area contributed by atoms with Crippen LogP contribution >= 0.6 is 0 Å². The van der Waals surface area contributed by atoms with Crippen LogP contribution in [-0.2, 0) is 54.0 Å². The van der Waals surface area contributed by atoms with Crippen LogP contribution in [-0.4, -0.2) is 0 Å². The molecule has 0 rings (SSSR count). The number of hydrogen-bond acceptors (Lipinski definition) is 0. The van der Waals surface area contributed by atoms with Crippen molar-refractivity contribution in [1.82, 2.24) is 0 Å². The fourth-order valence-corrected chi connectivity index (χ4v) is 0. The fraction of sp³-hybridized carbons (Fsp3) is 0. The topological polar surface area (TPSA) is 0 Å². The van der Waals surface area contributed by atoms with E-state index in [0.29, 0.717) is 0 Å². The quantitative estimate of drug-likeness (QED) is 0.328. The summed E-state index contributed by atoms with van der Waals surface area (Å²) in [5.41, 5.74) is 0. The van der Waals surface area contributed by atoms with E-state index in [2.05, 4.69) is 0 Å². The van der Waals surface area contributed by atoms with Gasteiger partial charge in [0.15, 0.2) is 0 Å². The van der Waals surface area contributed by atoms with E-state index >= 15 is 0 Å². The van der Waals surface area contributed by atoms with Gasteiger partial charge in [0.1, 0.15) is 0 Å². The first-order valence-electron chi connectivity index (χ1n) is 0. The molecule has 0 atom stereocenters. The van der Waals surface area contributed by atoms with Gasteiger partial charge in [-0.2, -0.15) is 0 Å². The second kappa shape index (κ2) is 72.8. The molecule has 0 saturated carbocycles. The van der Waals surface area contributed by atoms with Crippen molar-refractivity contribution < 1.29 is 411 Å². The van der Waals surface area contributed by atoms with Crippen molar-refractivity contribution >= 4 is 54.0 Å². The van der Waals surface area contributed by atoms with Gasteiger partial charge in [0.25, 0.3) is 0 Å². The molecule has 0 aromatic rings. The monoisotopic (exact) mass is 440 g/mol. The van der Waals surface area contributed by atoms with Crippen LogP contribution in [0.1, 0.15) is 0 Å². The first-order valence-corrected chi connectivity index (χ1v) is 0. The van der Waals surface area contributed by atoms with Crippen molar-refractivity contribution in [2.75, 3.05) is 0 Å². The zero-order valence-electron chi connectivity index (χ0n) is 9.63. The Labute approximate surface area is 446 Å². The summed E-state index contributed by atoms with van der Waals surface area (Å²) in [4.78, 5) is 0. The molecule has 32 valence electrons. The molecule has 12 heteroatoms. The smallest absolute Gasteiger partial charge is 1.00 e. The van der Waals surface area contributed by atoms with E-state index in [1.807, 2.05) is 0 Å². The standard InChI is InChI=1S/8K.4S/q8*+1;4*-2. The van der Waals surface area contributed by atoms with Gasteiger partial charge in [0.05, 0.1) is 0 Å². The molecule has 0 aliphatic rings. The van der Waals surface area contributed by atoms with Gasteiger partial charge in [-0.15, -0.1) is 0 Å². The largest absolute Gasteiger partial charge is 2.00 e. The van der Waals surface area contributed by atoms with E-state index in [4.69, 9.17) is 0 Å². The minimum Gasteiger partial charge on any atom is -2.00 e. The van der Waals surface area contributed by atoms with Crippen molar-refractivity contribution in [3.8, 4) is 0 Å². The first-order chi connectivity index (χ1) is 0. The molecule has 0 saturated heterocycles. The molecule has 0 heterocycles. The van der Waals surface area contributed by atoms with Crippen LogP contribution < -0.4 is 411 Å². The van der Waals surface area contributed by atoms with Gasteiger partial charge in [0, 0.05) is 0 Å². The van der Waals surface area contributed by atoms with Crippen LogP contribution in [0.4, 0.5) is 0 Å². The Balaban J connectivity index is 0. The molecule has 0 aromatic carbocycles. The summed E-state index contributed by atoms with van der Waals surface area (Å²) in [7, 11) is 0. The van der Waals surface area contributed by atoms with Crippen LogP contribution in [0.3, 0.4) is 0 Å². The van der Waals surface area contributed by atoms with Crippen LogP contribution in [0.2, 0.25) is 0 Å². The van der Waals surface area contributed by atoms with E-state index in [1.54, 1.807) is 0 Å². The van der Waals surface area contributed by atoms with E-state index < -0.39 is 0 Å². The molecular weight excluding hydrogens is 441 g/mol. The number of rotatable bonds is 0. The maximum absolute atomic E-state index is 0. The summed E-state index contributed by atoms with van der Waals surface area (Å²) in [5, 5.41) is 0. The van der Waals surface area contributed by atoms with E-state index in [0.717, 1.165) is 0 Å². The van der Waals surface area contributed by atoms with E-state index in [-0.39, 0.29) is 465 Å². The Hall–Kier alpha value is 14.5. The van der Waals surface area contributed by atoms with Crippen molar-refractivity contribution in [2.45, 2.75) is 0 Å². The fourth-order valence-electron chi connectivity index (χ4n) is 0. The van der Waals surface area contributed by atoms with E-state index in [9.17, 15) is 0 Å². The second-order valence-corrected chi connectivity index (χ2v) is 0. The third-order valence-electron chi connectivity index (χ3n) is 0. The molecule has 12 heavy (non-hydrogen) atoms. The molecule has 0 bridgehead atoms. The Morgan fingerprint density at radius 2 is 0.167 bits per heavy atom. The molecule has 0 aromatic heterocycles. The van der Waals surface area contributed by atoms with Crippen LogP contribution in [0.15, 0.2) is 0 Å². The van der Waals surface area contributed by atoms with Crippen molar-refractivity contribution in [3.05, 3.63) is 0 Å².